The molecule has 2 heteroatoms. The summed E-state index contributed by atoms with van der Waals surface area (Å²) in [5.41, 5.74) is 4.43. The van der Waals surface area contributed by atoms with Gasteiger partial charge >= 0.3 is 0 Å². The zero-order valence-corrected chi connectivity index (χ0v) is 13.0. The van der Waals surface area contributed by atoms with E-state index in [1.807, 2.05) is 11.3 Å². The Morgan fingerprint density at radius 2 is 1.80 bits per heavy atom. The molecule has 0 saturated heterocycles. The number of aryl methyl sites for hydroxylation is 1. The van der Waals surface area contributed by atoms with Crippen LogP contribution in [-0.4, -0.2) is 6.04 Å². The Labute approximate surface area is 126 Å². The first-order chi connectivity index (χ1) is 9.83. The molecule has 1 heterocycles. The normalized spacial score (nSPS) is 22.9. The first-order valence-corrected chi connectivity index (χ1v) is 8.57. The summed E-state index contributed by atoms with van der Waals surface area (Å²) in [4.78, 5) is 0. The van der Waals surface area contributed by atoms with Crippen LogP contribution in [0.5, 0.6) is 0 Å². The van der Waals surface area contributed by atoms with Crippen molar-refractivity contribution in [3.05, 3.63) is 57.8 Å². The molecule has 1 aromatic heterocycles. The molecule has 1 aromatic carbocycles. The lowest BCUT2D eigenvalue weighted by Gasteiger charge is -2.29. The molecule has 0 radical (unpaired) electrons. The quantitative estimate of drug-likeness (QED) is 0.845. The number of benzene rings is 1. The fraction of sp³-hybridized carbons (Fsp3) is 0.444. The van der Waals surface area contributed by atoms with Crippen LogP contribution in [-0.2, 0) is 6.54 Å². The third-order valence-corrected chi connectivity index (χ3v) is 5.45. The van der Waals surface area contributed by atoms with E-state index in [1.54, 1.807) is 0 Å². The van der Waals surface area contributed by atoms with Gasteiger partial charge in [-0.3, -0.25) is 0 Å². The maximum atomic E-state index is 3.74. The van der Waals surface area contributed by atoms with Gasteiger partial charge in [0.2, 0.25) is 0 Å². The lowest BCUT2D eigenvalue weighted by Crippen LogP contribution is -2.32. The van der Waals surface area contributed by atoms with E-state index in [0.29, 0.717) is 6.04 Å². The molecule has 1 nitrogen and oxygen atoms in total. The van der Waals surface area contributed by atoms with Gasteiger partial charge in [0, 0.05) is 12.6 Å². The van der Waals surface area contributed by atoms with Gasteiger partial charge in [-0.1, -0.05) is 30.3 Å². The number of hydrogen-bond donors (Lipinski definition) is 1. The van der Waals surface area contributed by atoms with Crippen LogP contribution in [0.2, 0.25) is 0 Å². The van der Waals surface area contributed by atoms with Crippen molar-refractivity contribution in [3.63, 3.8) is 0 Å². The fourth-order valence-electron chi connectivity index (χ4n) is 3.18. The summed E-state index contributed by atoms with van der Waals surface area (Å²) in [6.45, 7) is 3.25. The van der Waals surface area contributed by atoms with Crippen molar-refractivity contribution in [1.29, 1.82) is 0 Å². The van der Waals surface area contributed by atoms with Crippen molar-refractivity contribution in [2.75, 3.05) is 0 Å². The second-order valence-electron chi connectivity index (χ2n) is 5.92. The lowest BCUT2D eigenvalue weighted by molar-refractivity contribution is 0.341. The summed E-state index contributed by atoms with van der Waals surface area (Å²) in [6, 6.07) is 11.7. The zero-order valence-electron chi connectivity index (χ0n) is 12.1. The molecule has 1 saturated carbocycles. The van der Waals surface area contributed by atoms with Gasteiger partial charge in [-0.15, -0.1) is 0 Å². The van der Waals surface area contributed by atoms with Crippen molar-refractivity contribution in [1.82, 2.24) is 5.32 Å². The Kier molecular flexibility index (Phi) is 4.54. The molecule has 3 rings (SSSR count). The molecule has 0 atom stereocenters. The summed E-state index contributed by atoms with van der Waals surface area (Å²) >= 11 is 1.81. The Morgan fingerprint density at radius 1 is 1.05 bits per heavy atom. The predicted octanol–water partition coefficient (Wildman–Crippen LogP) is 4.87. The van der Waals surface area contributed by atoms with E-state index in [2.05, 4.69) is 53.3 Å². The van der Waals surface area contributed by atoms with E-state index >= 15 is 0 Å². The van der Waals surface area contributed by atoms with Crippen LogP contribution in [0.3, 0.4) is 0 Å². The molecule has 20 heavy (non-hydrogen) atoms. The van der Waals surface area contributed by atoms with Gasteiger partial charge in [0.15, 0.2) is 0 Å². The minimum atomic E-state index is 0.703. The van der Waals surface area contributed by atoms with Crippen LogP contribution in [0.25, 0.3) is 0 Å². The van der Waals surface area contributed by atoms with Crippen LogP contribution in [0.4, 0.5) is 0 Å². The third kappa shape index (κ3) is 3.31. The highest BCUT2D eigenvalue weighted by Crippen LogP contribution is 2.32. The van der Waals surface area contributed by atoms with Crippen molar-refractivity contribution in [3.8, 4) is 0 Å². The molecule has 1 N–H and O–H groups in total. The number of rotatable bonds is 4. The van der Waals surface area contributed by atoms with Crippen LogP contribution in [0, 0.1) is 6.92 Å². The average molecular weight is 285 g/mol. The minimum absolute atomic E-state index is 0.703. The molecule has 0 bridgehead atoms. The van der Waals surface area contributed by atoms with Crippen molar-refractivity contribution in [2.24, 2.45) is 0 Å². The number of nitrogens with one attached hydrogen (secondary N) is 1. The lowest BCUT2D eigenvalue weighted by atomic mass is 9.82. The molecule has 106 valence electrons. The third-order valence-electron chi connectivity index (χ3n) is 4.54. The van der Waals surface area contributed by atoms with E-state index < -0.39 is 0 Å². The van der Waals surface area contributed by atoms with Gasteiger partial charge in [0.1, 0.15) is 0 Å². The molecule has 1 aliphatic rings. The van der Waals surface area contributed by atoms with Crippen molar-refractivity contribution >= 4 is 11.3 Å². The van der Waals surface area contributed by atoms with Gasteiger partial charge in [0.05, 0.1) is 0 Å². The molecular weight excluding hydrogens is 262 g/mol. The molecule has 2 aromatic rings. The van der Waals surface area contributed by atoms with E-state index in [4.69, 9.17) is 0 Å². The second-order valence-corrected chi connectivity index (χ2v) is 6.66. The van der Waals surface area contributed by atoms with Crippen LogP contribution >= 0.6 is 11.3 Å². The summed E-state index contributed by atoms with van der Waals surface area (Å²) < 4.78 is 0. The smallest absolute Gasteiger partial charge is 0.0218 e. The van der Waals surface area contributed by atoms with E-state index in [9.17, 15) is 0 Å². The van der Waals surface area contributed by atoms with Gasteiger partial charge in [-0.05, 0) is 66.0 Å². The van der Waals surface area contributed by atoms with Crippen LogP contribution in [0.15, 0.2) is 41.1 Å². The SMILES string of the molecule is Cc1cscc1CNC1CCC(c2ccccc2)CC1. The summed E-state index contributed by atoms with van der Waals surface area (Å²) in [6.07, 6.45) is 5.26. The first kappa shape index (κ1) is 13.8. The maximum absolute atomic E-state index is 3.74. The van der Waals surface area contributed by atoms with Gasteiger partial charge in [-0.2, -0.15) is 11.3 Å². The molecule has 0 aliphatic heterocycles. The molecule has 1 aliphatic carbocycles. The van der Waals surface area contributed by atoms with Gasteiger partial charge in [0.25, 0.3) is 0 Å². The molecule has 0 unspecified atom stereocenters. The van der Waals surface area contributed by atoms with Crippen LogP contribution in [0.1, 0.15) is 48.3 Å². The zero-order chi connectivity index (χ0) is 13.8. The average Bonchev–Trinajstić information content (AvgIpc) is 2.92. The van der Waals surface area contributed by atoms with E-state index in [1.165, 1.54) is 42.4 Å². The van der Waals surface area contributed by atoms with E-state index in [-0.39, 0.29) is 0 Å². The molecule has 0 amide bonds. The molecule has 0 spiro atoms. The summed E-state index contributed by atoms with van der Waals surface area (Å²) in [5, 5.41) is 8.26. The van der Waals surface area contributed by atoms with Crippen LogP contribution < -0.4 is 5.32 Å². The number of hydrogen-bond acceptors (Lipinski definition) is 2. The first-order valence-electron chi connectivity index (χ1n) is 7.63. The van der Waals surface area contributed by atoms with Gasteiger partial charge in [-0.25, -0.2) is 0 Å². The number of thiophene rings is 1. The topological polar surface area (TPSA) is 12.0 Å². The Balaban J connectivity index is 1.48. The Morgan fingerprint density at radius 3 is 2.45 bits per heavy atom. The summed E-state index contributed by atoms with van der Waals surface area (Å²) in [7, 11) is 0. The second kappa shape index (κ2) is 6.55. The minimum Gasteiger partial charge on any atom is -0.310 e. The Hall–Kier alpha value is -1.12. The van der Waals surface area contributed by atoms with Crippen molar-refractivity contribution in [2.45, 2.75) is 51.1 Å². The van der Waals surface area contributed by atoms with Gasteiger partial charge < -0.3 is 5.32 Å². The summed E-state index contributed by atoms with van der Waals surface area (Å²) in [5.74, 6) is 0.775. The highest BCUT2D eigenvalue weighted by atomic mass is 32.1. The monoisotopic (exact) mass is 285 g/mol. The Bertz CT molecular complexity index is 523. The molecule has 1 fully saturated rings. The highest BCUT2D eigenvalue weighted by molar-refractivity contribution is 7.08. The largest absolute Gasteiger partial charge is 0.310 e. The highest BCUT2D eigenvalue weighted by Gasteiger charge is 2.21. The maximum Gasteiger partial charge on any atom is 0.0218 e. The standard InChI is InChI=1S/C18H23NS/c1-14-12-20-13-17(14)11-19-18-9-7-16(8-10-18)15-5-3-2-4-6-15/h2-6,12-13,16,18-19H,7-11H2,1H3. The van der Waals surface area contributed by atoms with Crippen molar-refractivity contribution < 1.29 is 0 Å². The van der Waals surface area contributed by atoms with E-state index in [0.717, 1.165) is 12.5 Å². The molecular formula is C18H23NS. The fourth-order valence-corrected chi connectivity index (χ4v) is 4.04. The predicted molar refractivity (Wildman–Crippen MR) is 87.3 cm³/mol.